The van der Waals surface area contributed by atoms with Crippen LogP contribution in [-0.4, -0.2) is 68.0 Å². The first-order valence-electron chi connectivity index (χ1n) is 14.3. The van der Waals surface area contributed by atoms with Crippen LogP contribution in [-0.2, 0) is 18.0 Å². The second-order valence-corrected chi connectivity index (χ2v) is 15.7. The summed E-state index contributed by atoms with van der Waals surface area (Å²) in [6.07, 6.45) is 15.3. The molecule has 0 aliphatic carbocycles. The van der Waals surface area contributed by atoms with Crippen molar-refractivity contribution in [3.8, 4) is 0 Å². The molecule has 0 saturated heterocycles. The Morgan fingerprint density at radius 1 is 0.649 bits per heavy atom. The number of rotatable bonds is 22. The van der Waals surface area contributed by atoms with E-state index >= 15 is 0 Å². The molecule has 0 saturated carbocycles. The number of hydrogen-bond donors (Lipinski definition) is 2. The third-order valence-electron chi connectivity index (χ3n) is 4.99. The van der Waals surface area contributed by atoms with Crippen LogP contribution in [0, 0.1) is 11.8 Å². The van der Waals surface area contributed by atoms with Crippen LogP contribution in [0.25, 0.3) is 0 Å². The summed E-state index contributed by atoms with van der Waals surface area (Å²) in [7, 11) is 0. The molecule has 0 amide bonds. The maximum atomic E-state index is 10.5. The second-order valence-electron chi connectivity index (χ2n) is 9.81. The number of aliphatic hydroxyl groups excluding tert-OH is 2. The fourth-order valence-electron chi connectivity index (χ4n) is 2.78. The van der Waals surface area contributed by atoms with Crippen LogP contribution >= 0.6 is 24.1 Å². The Labute approximate surface area is 248 Å². The average molecular weight is 674 g/mol. The minimum absolute atomic E-state index is 0.149. The van der Waals surface area contributed by atoms with E-state index in [9.17, 15) is 9.59 Å². The molecule has 0 heterocycles. The van der Waals surface area contributed by atoms with Crippen molar-refractivity contribution in [3.63, 3.8) is 0 Å². The van der Waals surface area contributed by atoms with E-state index in [1.165, 1.54) is 64.2 Å². The van der Waals surface area contributed by atoms with Gasteiger partial charge in [-0.15, -0.1) is 0 Å². The molecular formula is C28H58O6S2Sn. The molecule has 0 spiro atoms. The van der Waals surface area contributed by atoms with Gasteiger partial charge in [0.1, 0.15) is 13.2 Å². The fraction of sp³-hybridized carbons (Fsp3) is 0.929. The normalized spacial score (nSPS) is 10.4. The van der Waals surface area contributed by atoms with Gasteiger partial charge in [-0.2, -0.15) is 0 Å². The van der Waals surface area contributed by atoms with Crippen LogP contribution in [0.2, 0.25) is 8.87 Å². The van der Waals surface area contributed by atoms with Crippen molar-refractivity contribution in [2.75, 3.05) is 24.7 Å². The van der Waals surface area contributed by atoms with Crippen LogP contribution in [0.3, 0.4) is 0 Å². The molecule has 2 N–H and O–H groups in total. The van der Waals surface area contributed by atoms with Gasteiger partial charge in [0.2, 0.25) is 0 Å². The zero-order valence-electron chi connectivity index (χ0n) is 24.7. The Hall–Kier alpha value is 0.359. The van der Waals surface area contributed by atoms with Crippen molar-refractivity contribution in [2.24, 2.45) is 11.8 Å². The third-order valence-corrected chi connectivity index (χ3v) is 10.5. The molecule has 0 aliphatic rings. The average Bonchev–Trinajstić information content (AvgIpc) is 2.87. The van der Waals surface area contributed by atoms with E-state index in [2.05, 4.69) is 49.9 Å². The van der Waals surface area contributed by atoms with Gasteiger partial charge in [0, 0.05) is 11.5 Å². The molecule has 0 atom stereocenters. The van der Waals surface area contributed by atoms with Crippen molar-refractivity contribution in [1.82, 2.24) is 0 Å². The molecule has 0 rings (SSSR count). The summed E-state index contributed by atoms with van der Waals surface area (Å²) in [6.45, 7) is 12.4. The van der Waals surface area contributed by atoms with Crippen LogP contribution < -0.4 is 0 Å². The van der Waals surface area contributed by atoms with E-state index in [-0.39, 0.29) is 21.1 Å². The SMILES string of the molecule is CC(C)CCCCCSOC(=O)CO.CC(C)CCCCCSOC(=O)CO.CCC[CH2][Sn][CH2]CCC. The van der Waals surface area contributed by atoms with Gasteiger partial charge in [-0.05, 0) is 24.7 Å². The maximum absolute atomic E-state index is 10.5. The van der Waals surface area contributed by atoms with Crippen LogP contribution in [0.1, 0.15) is 119 Å². The summed E-state index contributed by atoms with van der Waals surface area (Å²) in [5, 5.41) is 16.7. The number of aliphatic hydroxyl groups is 2. The second kappa shape index (κ2) is 36.4. The quantitative estimate of drug-likeness (QED) is 0.0681. The summed E-state index contributed by atoms with van der Waals surface area (Å²) >= 11 is 2.42. The Morgan fingerprint density at radius 3 is 1.32 bits per heavy atom. The third kappa shape index (κ3) is 46.6. The number of carbonyl (C=O) groups is 2. The Bertz CT molecular complexity index is 428. The van der Waals surface area contributed by atoms with Crippen molar-refractivity contribution >= 4 is 57.2 Å². The van der Waals surface area contributed by atoms with Crippen molar-refractivity contribution in [1.29, 1.82) is 0 Å². The molecule has 6 nitrogen and oxygen atoms in total. The zero-order valence-corrected chi connectivity index (χ0v) is 29.2. The number of unbranched alkanes of at least 4 members (excludes halogenated alkanes) is 6. The molecule has 222 valence electrons. The van der Waals surface area contributed by atoms with Gasteiger partial charge in [0.15, 0.2) is 0 Å². The molecule has 0 aromatic rings. The first-order valence-corrected chi connectivity index (χ1v) is 20.2. The topological polar surface area (TPSA) is 93.1 Å². The Kier molecular flexibility index (Phi) is 41.1. The summed E-state index contributed by atoms with van der Waals surface area (Å²) in [6, 6.07) is 0. The van der Waals surface area contributed by atoms with E-state index in [0.29, 0.717) is 0 Å². The van der Waals surface area contributed by atoms with E-state index in [1.807, 2.05) is 0 Å². The fourth-order valence-corrected chi connectivity index (χ4v) is 8.11. The zero-order chi connectivity index (χ0) is 28.6. The van der Waals surface area contributed by atoms with Crippen molar-refractivity contribution in [2.45, 2.75) is 127 Å². The van der Waals surface area contributed by atoms with E-state index in [0.717, 1.165) is 60.3 Å². The summed E-state index contributed by atoms with van der Waals surface area (Å²) in [4.78, 5) is 21.0. The summed E-state index contributed by atoms with van der Waals surface area (Å²) < 4.78 is 12.5. The van der Waals surface area contributed by atoms with Gasteiger partial charge in [0.05, 0.1) is 24.1 Å². The monoisotopic (exact) mass is 674 g/mol. The van der Waals surface area contributed by atoms with E-state index in [4.69, 9.17) is 10.2 Å². The predicted octanol–water partition coefficient (Wildman–Crippen LogP) is 7.90. The van der Waals surface area contributed by atoms with Gasteiger partial charge < -0.3 is 18.6 Å². The van der Waals surface area contributed by atoms with Crippen molar-refractivity contribution in [3.05, 3.63) is 0 Å². The van der Waals surface area contributed by atoms with Crippen LogP contribution in [0.5, 0.6) is 0 Å². The molecule has 37 heavy (non-hydrogen) atoms. The molecule has 9 heteroatoms. The standard InChI is InChI=1S/2C10H20O3S.2C4H9.Sn/c2*1-9(2)6-4-3-5-7-14-13-10(12)8-11;2*1-3-4-2;/h2*9,11H,3-8H2,1-2H3;2*1,3-4H2,2H3;. The van der Waals surface area contributed by atoms with Gasteiger partial charge in [-0.25, -0.2) is 9.59 Å². The first-order chi connectivity index (χ1) is 17.7. The van der Waals surface area contributed by atoms with Gasteiger partial charge in [-0.3, -0.25) is 0 Å². The number of hydrogen-bond acceptors (Lipinski definition) is 8. The van der Waals surface area contributed by atoms with Gasteiger partial charge >= 0.3 is 81.5 Å². The number of carbonyl (C=O) groups excluding carboxylic acids is 2. The predicted molar refractivity (Wildman–Crippen MR) is 163 cm³/mol. The summed E-state index contributed by atoms with van der Waals surface area (Å²) in [5.74, 6) is 2.08. The van der Waals surface area contributed by atoms with Gasteiger partial charge in [-0.1, -0.05) is 66.2 Å². The van der Waals surface area contributed by atoms with Crippen molar-refractivity contribution < 1.29 is 28.2 Å². The summed E-state index contributed by atoms with van der Waals surface area (Å²) in [5.41, 5.74) is 0. The molecule has 2 radical (unpaired) electrons. The molecule has 0 fully saturated rings. The van der Waals surface area contributed by atoms with Crippen LogP contribution in [0.4, 0.5) is 0 Å². The van der Waals surface area contributed by atoms with Crippen LogP contribution in [0.15, 0.2) is 0 Å². The van der Waals surface area contributed by atoms with Gasteiger partial charge in [0.25, 0.3) is 0 Å². The van der Waals surface area contributed by atoms with E-state index < -0.39 is 25.2 Å². The molecule has 0 aromatic heterocycles. The molecule has 0 aromatic carbocycles. The molecule has 0 unspecified atom stereocenters. The molecule has 0 aliphatic heterocycles. The van der Waals surface area contributed by atoms with E-state index in [1.54, 1.807) is 8.87 Å². The Morgan fingerprint density at radius 2 is 1.03 bits per heavy atom. The first kappa shape index (κ1) is 41.8. The Balaban J connectivity index is -0.000000481. The molecule has 0 bridgehead atoms. The molecular weight excluding hydrogens is 615 g/mol. The minimum atomic E-state index is -0.558.